The van der Waals surface area contributed by atoms with E-state index in [2.05, 4.69) is 289 Å². The smallest absolute Gasteiger partial charge is 0.143 e. The molecule has 2 aliphatic carbocycles. The number of hydrogen-bond donors (Lipinski definition) is 0. The molecule has 14 aromatic rings. The van der Waals surface area contributed by atoms with Gasteiger partial charge >= 0.3 is 0 Å². The number of fused-ring (bicyclic) bond motifs is 16. The fourth-order valence-corrected chi connectivity index (χ4v) is 13.2. The minimum absolute atomic E-state index is 0.465. The Kier molecular flexibility index (Phi) is 9.25. The summed E-state index contributed by atoms with van der Waals surface area (Å²) in [6.45, 7) is 0. The Morgan fingerprint density at radius 3 is 1.47 bits per heavy atom. The van der Waals surface area contributed by atoms with Crippen LogP contribution >= 0.6 is 0 Å². The third-order valence-corrected chi connectivity index (χ3v) is 16.4. The fraction of sp³-hybridized carbons (Fsp3) is 0.0137. The van der Waals surface area contributed by atoms with Crippen molar-refractivity contribution in [1.29, 1.82) is 0 Å². The summed E-state index contributed by atoms with van der Waals surface area (Å²) in [5.41, 5.74) is 25.4. The Hall–Kier alpha value is -9.96. The lowest BCUT2D eigenvalue weighted by Gasteiger charge is -2.32. The summed E-state index contributed by atoms with van der Waals surface area (Å²) in [6.07, 6.45) is 0. The van der Waals surface area contributed by atoms with Gasteiger partial charge in [-0.25, -0.2) is 0 Å². The van der Waals surface area contributed by atoms with Gasteiger partial charge in [-0.1, -0.05) is 212 Å². The Bertz CT molecular complexity index is 4540. The molecule has 3 nitrogen and oxygen atoms in total. The van der Waals surface area contributed by atoms with Crippen molar-refractivity contribution in [2.24, 2.45) is 0 Å². The molecule has 12 aromatic carbocycles. The summed E-state index contributed by atoms with van der Waals surface area (Å²) < 4.78 is 8.99. The molecule has 2 heterocycles. The summed E-state index contributed by atoms with van der Waals surface area (Å²) in [6, 6.07) is 102. The monoisotopic (exact) mass is 966 g/mol. The molecule has 76 heavy (non-hydrogen) atoms. The van der Waals surface area contributed by atoms with Crippen LogP contribution in [0, 0.1) is 0 Å². The minimum atomic E-state index is -0.465. The first-order chi connectivity index (χ1) is 37.7. The second-order valence-electron chi connectivity index (χ2n) is 20.3. The Balaban J connectivity index is 0.848. The highest BCUT2D eigenvalue weighted by Gasteiger charge is 2.52. The van der Waals surface area contributed by atoms with Crippen LogP contribution in [0.15, 0.2) is 283 Å². The molecule has 1 spiro atoms. The van der Waals surface area contributed by atoms with E-state index in [-0.39, 0.29) is 0 Å². The van der Waals surface area contributed by atoms with Crippen LogP contribution in [0.4, 0.5) is 17.1 Å². The second kappa shape index (κ2) is 16.5. The van der Waals surface area contributed by atoms with Crippen LogP contribution < -0.4 is 4.90 Å². The highest BCUT2D eigenvalue weighted by Crippen LogP contribution is 2.64. The first kappa shape index (κ1) is 42.5. The van der Waals surface area contributed by atoms with Gasteiger partial charge in [0.15, 0.2) is 0 Å². The van der Waals surface area contributed by atoms with Gasteiger partial charge in [0.1, 0.15) is 11.2 Å². The quantitative estimate of drug-likeness (QED) is 0.159. The van der Waals surface area contributed by atoms with Gasteiger partial charge in [0.05, 0.1) is 22.1 Å². The summed E-state index contributed by atoms with van der Waals surface area (Å²) >= 11 is 0. The molecule has 0 amide bonds. The van der Waals surface area contributed by atoms with Crippen molar-refractivity contribution in [1.82, 2.24) is 4.57 Å². The Morgan fingerprint density at radius 1 is 0.316 bits per heavy atom. The second-order valence-corrected chi connectivity index (χ2v) is 20.3. The molecule has 0 atom stereocenters. The molecule has 0 radical (unpaired) electrons. The van der Waals surface area contributed by atoms with Gasteiger partial charge in [0, 0.05) is 49.7 Å². The summed E-state index contributed by atoms with van der Waals surface area (Å²) in [5.74, 6) is 0. The van der Waals surface area contributed by atoms with E-state index >= 15 is 0 Å². The molecule has 0 unspecified atom stereocenters. The Morgan fingerprint density at radius 2 is 0.803 bits per heavy atom. The van der Waals surface area contributed by atoms with Crippen LogP contribution in [0.25, 0.3) is 105 Å². The predicted octanol–water partition coefficient (Wildman–Crippen LogP) is 19.5. The van der Waals surface area contributed by atoms with Crippen LogP contribution in [0.1, 0.15) is 22.3 Å². The summed E-state index contributed by atoms with van der Waals surface area (Å²) in [7, 11) is 0. The zero-order valence-electron chi connectivity index (χ0n) is 41.4. The highest BCUT2D eigenvalue weighted by molar-refractivity contribution is 6.11. The number of furan rings is 1. The minimum Gasteiger partial charge on any atom is -0.455 e. The zero-order valence-corrected chi connectivity index (χ0v) is 41.4. The molecule has 0 saturated heterocycles. The average Bonchev–Trinajstić information content (AvgIpc) is 4.37. The molecule has 0 bridgehead atoms. The third kappa shape index (κ3) is 6.11. The molecule has 2 aliphatic rings. The lowest BCUT2D eigenvalue weighted by atomic mass is 9.70. The highest BCUT2D eigenvalue weighted by atomic mass is 16.3. The number of benzene rings is 12. The summed E-state index contributed by atoms with van der Waals surface area (Å²) in [5, 5.41) is 4.74. The molecule has 0 aliphatic heterocycles. The van der Waals surface area contributed by atoms with Crippen molar-refractivity contribution in [2.45, 2.75) is 5.41 Å². The van der Waals surface area contributed by atoms with E-state index in [0.717, 1.165) is 78.1 Å². The van der Waals surface area contributed by atoms with E-state index in [0.29, 0.717) is 0 Å². The number of hydrogen-bond acceptors (Lipinski definition) is 2. The molecular formula is C73H46N2O. The van der Waals surface area contributed by atoms with Crippen molar-refractivity contribution in [2.75, 3.05) is 4.90 Å². The van der Waals surface area contributed by atoms with E-state index in [1.54, 1.807) is 0 Å². The molecule has 16 rings (SSSR count). The van der Waals surface area contributed by atoms with E-state index in [1.807, 2.05) is 0 Å². The van der Waals surface area contributed by atoms with Crippen LogP contribution in [-0.2, 0) is 5.41 Å². The molecule has 2 aromatic heterocycles. The first-order valence-electron chi connectivity index (χ1n) is 26.2. The lowest BCUT2D eigenvalue weighted by molar-refractivity contribution is 0.670. The van der Waals surface area contributed by atoms with Gasteiger partial charge in [-0.15, -0.1) is 0 Å². The van der Waals surface area contributed by atoms with Crippen LogP contribution in [0.2, 0.25) is 0 Å². The SMILES string of the molecule is c1ccc(-c2cccc3c2oc2ccc(-c4ccc(N(c5ccc(-c6cccc(-n7c8ccccc8c8ccccc87)c6)cc5)c5cccc6c5-c5ccccc5C65c6ccccc6-c6ccccc65)cc4)cc23)cc1. The van der Waals surface area contributed by atoms with Crippen LogP contribution in [-0.4, -0.2) is 4.57 Å². The fourth-order valence-electron chi connectivity index (χ4n) is 13.2. The predicted molar refractivity (Wildman–Crippen MR) is 315 cm³/mol. The van der Waals surface area contributed by atoms with Crippen LogP contribution in [0.3, 0.4) is 0 Å². The Labute approximate surface area is 440 Å². The summed E-state index contributed by atoms with van der Waals surface area (Å²) in [4.78, 5) is 2.47. The van der Waals surface area contributed by atoms with Crippen molar-refractivity contribution < 1.29 is 4.42 Å². The molecule has 0 saturated carbocycles. The maximum Gasteiger partial charge on any atom is 0.143 e. The number of para-hydroxylation sites is 3. The molecule has 0 fully saturated rings. The van der Waals surface area contributed by atoms with Crippen molar-refractivity contribution in [3.63, 3.8) is 0 Å². The van der Waals surface area contributed by atoms with Gasteiger partial charge in [-0.05, 0) is 133 Å². The van der Waals surface area contributed by atoms with Gasteiger partial charge in [-0.2, -0.15) is 0 Å². The molecular weight excluding hydrogens is 921 g/mol. The van der Waals surface area contributed by atoms with E-state index in [9.17, 15) is 0 Å². The molecule has 0 N–H and O–H groups in total. The standard InChI is InChI=1S/C73H46N2O/c1-2-17-49(18-3-1)55-26-15-27-60-62-46-51(39-44-70(62)76-72(55)60)48-37-42-53(43-38-48)74(52-40-35-47(36-41-52)50-19-14-20-54(45-50)75-67-32-12-7-23-58(67)59-24-8-13-33-68(59)75)69-34-16-31-66-71(69)61-25-6-11-30-65(61)73(66)63-28-9-4-21-56(63)57-22-5-10-29-64(57)73/h1-46H. The van der Waals surface area contributed by atoms with Gasteiger partial charge in [0.25, 0.3) is 0 Å². The number of rotatable bonds is 7. The normalized spacial score (nSPS) is 12.8. The number of aromatic nitrogens is 1. The largest absolute Gasteiger partial charge is 0.455 e. The van der Waals surface area contributed by atoms with E-state index in [1.165, 1.54) is 66.3 Å². The maximum atomic E-state index is 6.59. The number of nitrogens with zero attached hydrogens (tertiary/aromatic N) is 2. The van der Waals surface area contributed by atoms with Crippen LogP contribution in [0.5, 0.6) is 0 Å². The van der Waals surface area contributed by atoms with E-state index in [4.69, 9.17) is 4.42 Å². The molecule has 354 valence electrons. The van der Waals surface area contributed by atoms with Gasteiger partial charge < -0.3 is 13.9 Å². The van der Waals surface area contributed by atoms with Crippen molar-refractivity contribution in [3.05, 3.63) is 301 Å². The maximum absolute atomic E-state index is 6.59. The first-order valence-corrected chi connectivity index (χ1v) is 26.2. The van der Waals surface area contributed by atoms with E-state index < -0.39 is 5.41 Å². The third-order valence-electron chi connectivity index (χ3n) is 16.4. The van der Waals surface area contributed by atoms with Gasteiger partial charge in [-0.3, -0.25) is 0 Å². The average molecular weight is 967 g/mol. The van der Waals surface area contributed by atoms with Crippen molar-refractivity contribution in [3.8, 4) is 61.3 Å². The lowest BCUT2D eigenvalue weighted by Crippen LogP contribution is -2.26. The topological polar surface area (TPSA) is 21.3 Å². The van der Waals surface area contributed by atoms with Crippen molar-refractivity contribution >= 4 is 60.8 Å². The van der Waals surface area contributed by atoms with Gasteiger partial charge in [0.2, 0.25) is 0 Å². The number of anilines is 3. The molecule has 3 heteroatoms. The zero-order chi connectivity index (χ0) is 49.9.